The predicted octanol–water partition coefficient (Wildman–Crippen LogP) is 1.28. The highest BCUT2D eigenvalue weighted by molar-refractivity contribution is 5.77. The molecule has 2 amide bonds. The maximum atomic E-state index is 11.3. The summed E-state index contributed by atoms with van der Waals surface area (Å²) in [6.07, 6.45) is 3.82. The van der Waals surface area contributed by atoms with Crippen molar-refractivity contribution in [3.63, 3.8) is 0 Å². The zero-order valence-electron chi connectivity index (χ0n) is 7.46. The minimum atomic E-state index is -0.149. The number of rotatable bonds is 0. The molecule has 1 aliphatic heterocycles. The van der Waals surface area contributed by atoms with Gasteiger partial charge in [-0.1, -0.05) is 0 Å². The van der Waals surface area contributed by atoms with Crippen molar-refractivity contribution in [3.05, 3.63) is 12.3 Å². The quantitative estimate of drug-likeness (QED) is 0.515. The molecule has 0 N–H and O–H groups in total. The lowest BCUT2D eigenvalue weighted by molar-refractivity contribution is 0.147. The van der Waals surface area contributed by atoms with Crippen molar-refractivity contribution < 1.29 is 4.79 Å². The second-order valence-electron chi connectivity index (χ2n) is 3.42. The lowest BCUT2D eigenvalue weighted by Gasteiger charge is -2.38. The number of hydrogen-bond acceptors (Lipinski definition) is 1. The third kappa shape index (κ3) is 1.23. The lowest BCUT2D eigenvalue weighted by atomic mass is 10.0. The average molecular weight is 154 g/mol. The molecule has 0 aromatic rings. The molecule has 62 valence electrons. The Labute approximate surface area is 67.3 Å². The molecule has 0 aromatic carbocycles. The van der Waals surface area contributed by atoms with Crippen LogP contribution in [0.2, 0.25) is 0 Å². The van der Waals surface area contributed by atoms with E-state index >= 15 is 0 Å². The van der Waals surface area contributed by atoms with Crippen molar-refractivity contribution in [2.75, 3.05) is 14.1 Å². The normalized spacial score (nSPS) is 22.7. The fourth-order valence-corrected chi connectivity index (χ4v) is 0.953. The Kier molecular flexibility index (Phi) is 1.66. The highest BCUT2D eigenvalue weighted by Crippen LogP contribution is 2.19. The molecule has 1 rings (SSSR count). The van der Waals surface area contributed by atoms with Crippen molar-refractivity contribution in [3.8, 4) is 0 Å². The van der Waals surface area contributed by atoms with Gasteiger partial charge in [0.05, 0.1) is 5.54 Å². The molecular weight excluding hydrogens is 140 g/mol. The fraction of sp³-hybridized carbons (Fsp3) is 0.625. The summed E-state index contributed by atoms with van der Waals surface area (Å²) in [4.78, 5) is 14.6. The summed E-state index contributed by atoms with van der Waals surface area (Å²) in [5.41, 5.74) is -0.149. The third-order valence-electron chi connectivity index (χ3n) is 2.16. The topological polar surface area (TPSA) is 23.6 Å². The monoisotopic (exact) mass is 154 g/mol. The Morgan fingerprint density at radius 2 is 1.91 bits per heavy atom. The first-order valence-corrected chi connectivity index (χ1v) is 3.65. The largest absolute Gasteiger partial charge is 0.324 e. The first-order chi connectivity index (χ1) is 4.95. The summed E-state index contributed by atoms with van der Waals surface area (Å²) >= 11 is 0. The van der Waals surface area contributed by atoms with Crippen molar-refractivity contribution in [2.45, 2.75) is 19.4 Å². The number of nitrogens with zero attached hydrogens (tertiary/aromatic N) is 2. The molecule has 3 heteroatoms. The van der Waals surface area contributed by atoms with E-state index in [0.29, 0.717) is 0 Å². The van der Waals surface area contributed by atoms with Gasteiger partial charge in [-0.05, 0) is 19.9 Å². The van der Waals surface area contributed by atoms with Crippen LogP contribution in [0.15, 0.2) is 12.3 Å². The van der Waals surface area contributed by atoms with E-state index in [9.17, 15) is 4.79 Å². The Balaban J connectivity index is 2.94. The molecule has 0 saturated heterocycles. The van der Waals surface area contributed by atoms with Crippen LogP contribution in [0.25, 0.3) is 0 Å². The van der Waals surface area contributed by atoms with Gasteiger partial charge in [0.25, 0.3) is 0 Å². The maximum Gasteiger partial charge on any atom is 0.324 e. The van der Waals surface area contributed by atoms with Gasteiger partial charge in [0.2, 0.25) is 0 Å². The van der Waals surface area contributed by atoms with Crippen LogP contribution < -0.4 is 0 Å². The van der Waals surface area contributed by atoms with Crippen molar-refractivity contribution in [2.24, 2.45) is 0 Å². The summed E-state index contributed by atoms with van der Waals surface area (Å²) in [5, 5.41) is 0. The van der Waals surface area contributed by atoms with Crippen LogP contribution in [0.1, 0.15) is 13.8 Å². The van der Waals surface area contributed by atoms with Crippen molar-refractivity contribution in [1.82, 2.24) is 9.80 Å². The van der Waals surface area contributed by atoms with Crippen LogP contribution in [0, 0.1) is 0 Å². The molecule has 0 radical (unpaired) electrons. The number of likely N-dealkylation sites (N-methyl/N-ethyl adjacent to an activating group) is 1. The van der Waals surface area contributed by atoms with Gasteiger partial charge < -0.3 is 9.80 Å². The van der Waals surface area contributed by atoms with Crippen LogP contribution in [-0.2, 0) is 0 Å². The Hall–Kier alpha value is -0.990. The molecule has 3 nitrogen and oxygen atoms in total. The molecule has 11 heavy (non-hydrogen) atoms. The summed E-state index contributed by atoms with van der Waals surface area (Å²) in [7, 11) is 3.56. The minimum absolute atomic E-state index is 0.0394. The van der Waals surface area contributed by atoms with Gasteiger partial charge >= 0.3 is 6.03 Å². The first kappa shape index (κ1) is 8.11. The van der Waals surface area contributed by atoms with Gasteiger partial charge in [-0.15, -0.1) is 0 Å². The summed E-state index contributed by atoms with van der Waals surface area (Å²) < 4.78 is 0. The highest BCUT2D eigenvalue weighted by atomic mass is 16.2. The van der Waals surface area contributed by atoms with Crippen molar-refractivity contribution in [1.29, 1.82) is 0 Å². The van der Waals surface area contributed by atoms with E-state index in [1.54, 1.807) is 16.8 Å². The molecule has 0 unspecified atom stereocenters. The van der Waals surface area contributed by atoms with Gasteiger partial charge in [0, 0.05) is 20.3 Å². The number of amides is 2. The molecule has 0 spiro atoms. The van der Waals surface area contributed by atoms with E-state index < -0.39 is 0 Å². The smallest absolute Gasteiger partial charge is 0.319 e. The van der Waals surface area contributed by atoms with E-state index in [1.165, 1.54) is 0 Å². The van der Waals surface area contributed by atoms with Crippen LogP contribution in [0.5, 0.6) is 0 Å². The number of urea groups is 1. The molecule has 0 aliphatic carbocycles. The lowest BCUT2D eigenvalue weighted by Crippen LogP contribution is -2.51. The van der Waals surface area contributed by atoms with E-state index in [1.807, 2.05) is 33.2 Å². The number of hydrogen-bond donors (Lipinski definition) is 0. The standard InChI is InChI=1S/C8H14N2O/c1-8(2)5-6-9(3)7(11)10(8)4/h5-6H,1-4H3. The van der Waals surface area contributed by atoms with Gasteiger partial charge in [-0.2, -0.15) is 0 Å². The van der Waals surface area contributed by atoms with E-state index in [-0.39, 0.29) is 11.6 Å². The van der Waals surface area contributed by atoms with Gasteiger partial charge in [-0.25, -0.2) is 4.79 Å². The van der Waals surface area contributed by atoms with Crippen LogP contribution >= 0.6 is 0 Å². The highest BCUT2D eigenvalue weighted by Gasteiger charge is 2.30. The second kappa shape index (κ2) is 2.26. The number of carbonyl (C=O) groups is 1. The summed E-state index contributed by atoms with van der Waals surface area (Å²) in [5.74, 6) is 0. The number of carbonyl (C=O) groups excluding carboxylic acids is 1. The van der Waals surface area contributed by atoms with Gasteiger partial charge in [-0.3, -0.25) is 0 Å². The summed E-state index contributed by atoms with van der Waals surface area (Å²) in [6, 6.07) is 0.0394. The van der Waals surface area contributed by atoms with Gasteiger partial charge in [0.1, 0.15) is 0 Å². The Bertz CT molecular complexity index is 208. The van der Waals surface area contributed by atoms with Crippen LogP contribution in [0.3, 0.4) is 0 Å². The van der Waals surface area contributed by atoms with Gasteiger partial charge in [0.15, 0.2) is 0 Å². The Morgan fingerprint density at radius 1 is 1.36 bits per heavy atom. The second-order valence-corrected chi connectivity index (χ2v) is 3.42. The average Bonchev–Trinajstić information content (AvgIpc) is 1.95. The summed E-state index contributed by atoms with van der Waals surface area (Å²) in [6.45, 7) is 4.02. The molecular formula is C8H14N2O. The zero-order valence-corrected chi connectivity index (χ0v) is 7.46. The van der Waals surface area contributed by atoms with Crippen molar-refractivity contribution >= 4 is 6.03 Å². The predicted molar refractivity (Wildman–Crippen MR) is 44.1 cm³/mol. The third-order valence-corrected chi connectivity index (χ3v) is 2.16. The zero-order chi connectivity index (χ0) is 8.65. The Morgan fingerprint density at radius 3 is 2.36 bits per heavy atom. The van der Waals surface area contributed by atoms with Crippen LogP contribution in [0.4, 0.5) is 4.79 Å². The minimum Gasteiger partial charge on any atom is -0.319 e. The van der Waals surface area contributed by atoms with E-state index in [4.69, 9.17) is 0 Å². The van der Waals surface area contributed by atoms with Crippen LogP contribution in [-0.4, -0.2) is 35.5 Å². The molecule has 0 saturated carbocycles. The molecule has 0 bridgehead atoms. The molecule has 0 atom stereocenters. The van der Waals surface area contributed by atoms with E-state index in [0.717, 1.165) is 0 Å². The molecule has 0 aromatic heterocycles. The molecule has 1 heterocycles. The molecule has 1 aliphatic rings. The fourth-order valence-electron chi connectivity index (χ4n) is 0.953. The first-order valence-electron chi connectivity index (χ1n) is 3.65. The van der Waals surface area contributed by atoms with E-state index in [2.05, 4.69) is 0 Å². The maximum absolute atomic E-state index is 11.3. The molecule has 0 fully saturated rings. The SMILES string of the molecule is CN1C=CC(C)(C)N(C)C1=O.